The molecule has 3 N–H and O–H groups in total. The fraction of sp³-hybridized carbons (Fsp3) is 0.462. The summed E-state index contributed by atoms with van der Waals surface area (Å²) in [5.74, 6) is 0.793. The highest BCUT2D eigenvalue weighted by molar-refractivity contribution is 5.82. The number of rotatable bonds is 5. The maximum Gasteiger partial charge on any atom is 0.223 e. The second kappa shape index (κ2) is 5.12. The van der Waals surface area contributed by atoms with E-state index in [9.17, 15) is 4.79 Å². The molecule has 0 bridgehead atoms. The quantitative estimate of drug-likeness (QED) is 0.731. The highest BCUT2D eigenvalue weighted by atomic mass is 16.2. The van der Waals surface area contributed by atoms with Crippen LogP contribution in [0.15, 0.2) is 30.3 Å². The van der Waals surface area contributed by atoms with E-state index in [1.54, 1.807) is 0 Å². The lowest BCUT2D eigenvalue weighted by atomic mass is 10.1. The molecule has 1 aromatic rings. The summed E-state index contributed by atoms with van der Waals surface area (Å²) in [6.07, 6.45) is 1.84. The first-order chi connectivity index (χ1) is 7.83. The van der Waals surface area contributed by atoms with Crippen molar-refractivity contribution in [3.05, 3.63) is 35.9 Å². The van der Waals surface area contributed by atoms with E-state index in [1.165, 1.54) is 5.56 Å². The number of carbonyl (C=O) groups excluding carboxylic acids is 1. The van der Waals surface area contributed by atoms with Crippen LogP contribution in [-0.2, 0) is 4.79 Å². The van der Waals surface area contributed by atoms with Crippen LogP contribution in [0.3, 0.4) is 0 Å². The summed E-state index contributed by atoms with van der Waals surface area (Å²) in [4.78, 5) is 11.7. The average Bonchev–Trinajstić information content (AvgIpc) is 3.10. The molecule has 0 heterocycles. The first-order valence-corrected chi connectivity index (χ1v) is 5.85. The topological polar surface area (TPSA) is 55.1 Å². The third-order valence-corrected chi connectivity index (χ3v) is 3.04. The van der Waals surface area contributed by atoms with Gasteiger partial charge in [-0.05, 0) is 30.9 Å². The second-order valence-electron chi connectivity index (χ2n) is 4.29. The molecule has 3 nitrogen and oxygen atoms in total. The van der Waals surface area contributed by atoms with E-state index in [2.05, 4.69) is 17.4 Å². The third-order valence-electron chi connectivity index (χ3n) is 3.04. The molecule has 1 aromatic carbocycles. The Bertz CT molecular complexity index is 350. The number of nitrogens with one attached hydrogen (secondary N) is 1. The van der Waals surface area contributed by atoms with Crippen LogP contribution < -0.4 is 11.1 Å². The van der Waals surface area contributed by atoms with E-state index >= 15 is 0 Å². The van der Waals surface area contributed by atoms with Gasteiger partial charge in [-0.2, -0.15) is 0 Å². The summed E-state index contributed by atoms with van der Waals surface area (Å²) >= 11 is 0. The SMILES string of the molecule is NCCCNC(=O)C1CC1c1ccccc1. The largest absolute Gasteiger partial charge is 0.356 e. The minimum Gasteiger partial charge on any atom is -0.356 e. The molecule has 86 valence electrons. The Morgan fingerprint density at radius 2 is 2.12 bits per heavy atom. The molecule has 1 fully saturated rings. The first-order valence-electron chi connectivity index (χ1n) is 5.85. The molecule has 1 aliphatic rings. The van der Waals surface area contributed by atoms with Crippen molar-refractivity contribution < 1.29 is 4.79 Å². The van der Waals surface area contributed by atoms with Crippen molar-refractivity contribution >= 4 is 5.91 Å². The molecule has 0 radical (unpaired) electrons. The number of hydrogen-bond donors (Lipinski definition) is 2. The fourth-order valence-corrected chi connectivity index (χ4v) is 2.00. The molecule has 16 heavy (non-hydrogen) atoms. The Morgan fingerprint density at radius 1 is 1.38 bits per heavy atom. The molecule has 0 saturated heterocycles. The minimum absolute atomic E-state index is 0.181. The van der Waals surface area contributed by atoms with Crippen LogP contribution in [-0.4, -0.2) is 19.0 Å². The van der Waals surface area contributed by atoms with Crippen LogP contribution in [0.5, 0.6) is 0 Å². The van der Waals surface area contributed by atoms with E-state index in [0.29, 0.717) is 19.0 Å². The van der Waals surface area contributed by atoms with Crippen molar-refractivity contribution in [2.24, 2.45) is 11.7 Å². The molecule has 1 amide bonds. The molecular formula is C13H18N2O. The molecule has 2 unspecified atom stereocenters. The van der Waals surface area contributed by atoms with E-state index in [-0.39, 0.29) is 11.8 Å². The Kier molecular flexibility index (Phi) is 3.57. The predicted octanol–water partition coefficient (Wildman–Crippen LogP) is 1.26. The van der Waals surface area contributed by atoms with Gasteiger partial charge in [0.2, 0.25) is 5.91 Å². The molecule has 2 atom stereocenters. The van der Waals surface area contributed by atoms with Gasteiger partial charge in [-0.15, -0.1) is 0 Å². The van der Waals surface area contributed by atoms with Crippen LogP contribution in [0.1, 0.15) is 24.3 Å². The molecular weight excluding hydrogens is 200 g/mol. The van der Waals surface area contributed by atoms with Gasteiger partial charge in [-0.25, -0.2) is 0 Å². The first kappa shape index (κ1) is 11.1. The van der Waals surface area contributed by atoms with Crippen molar-refractivity contribution in [1.29, 1.82) is 0 Å². The maximum atomic E-state index is 11.7. The van der Waals surface area contributed by atoms with Gasteiger partial charge in [-0.1, -0.05) is 30.3 Å². The van der Waals surface area contributed by atoms with Crippen LogP contribution in [0.2, 0.25) is 0 Å². The number of hydrogen-bond acceptors (Lipinski definition) is 2. The van der Waals surface area contributed by atoms with Gasteiger partial charge < -0.3 is 11.1 Å². The highest BCUT2D eigenvalue weighted by Gasteiger charge is 2.43. The zero-order valence-electron chi connectivity index (χ0n) is 9.36. The van der Waals surface area contributed by atoms with Gasteiger partial charge in [0.25, 0.3) is 0 Å². The van der Waals surface area contributed by atoms with Crippen LogP contribution in [0.4, 0.5) is 0 Å². The number of amides is 1. The Morgan fingerprint density at radius 3 is 2.81 bits per heavy atom. The van der Waals surface area contributed by atoms with E-state index < -0.39 is 0 Å². The van der Waals surface area contributed by atoms with Gasteiger partial charge in [0.05, 0.1) is 0 Å². The molecule has 1 saturated carbocycles. The summed E-state index contributed by atoms with van der Waals surface area (Å²) < 4.78 is 0. The fourth-order valence-electron chi connectivity index (χ4n) is 2.00. The highest BCUT2D eigenvalue weighted by Crippen LogP contribution is 2.47. The zero-order chi connectivity index (χ0) is 11.4. The van der Waals surface area contributed by atoms with E-state index in [0.717, 1.165) is 12.8 Å². The van der Waals surface area contributed by atoms with Crippen molar-refractivity contribution in [3.63, 3.8) is 0 Å². The standard InChI is InChI=1S/C13H18N2O/c14-7-4-8-15-13(16)12-9-11(12)10-5-2-1-3-6-10/h1-3,5-6,11-12H,4,7-9,14H2,(H,15,16). The molecule has 3 heteroatoms. The molecule has 1 aliphatic carbocycles. The minimum atomic E-state index is 0.181. The summed E-state index contributed by atoms with van der Waals surface area (Å²) in [7, 11) is 0. The summed E-state index contributed by atoms with van der Waals surface area (Å²) in [6, 6.07) is 10.2. The summed E-state index contributed by atoms with van der Waals surface area (Å²) in [6.45, 7) is 1.33. The molecule has 0 aliphatic heterocycles. The van der Waals surface area contributed by atoms with Gasteiger partial charge in [0.1, 0.15) is 0 Å². The van der Waals surface area contributed by atoms with Crippen LogP contribution in [0, 0.1) is 5.92 Å². The smallest absolute Gasteiger partial charge is 0.223 e. The number of nitrogens with two attached hydrogens (primary N) is 1. The summed E-state index contributed by atoms with van der Waals surface area (Å²) in [5, 5.41) is 2.93. The van der Waals surface area contributed by atoms with Gasteiger partial charge in [-0.3, -0.25) is 4.79 Å². The van der Waals surface area contributed by atoms with E-state index in [4.69, 9.17) is 5.73 Å². The zero-order valence-corrected chi connectivity index (χ0v) is 9.36. The lowest BCUT2D eigenvalue weighted by Gasteiger charge is -2.03. The van der Waals surface area contributed by atoms with Crippen LogP contribution >= 0.6 is 0 Å². The number of benzene rings is 1. The Hall–Kier alpha value is -1.35. The van der Waals surface area contributed by atoms with Crippen molar-refractivity contribution in [2.75, 3.05) is 13.1 Å². The molecule has 0 spiro atoms. The van der Waals surface area contributed by atoms with Crippen molar-refractivity contribution in [2.45, 2.75) is 18.8 Å². The normalized spacial score (nSPS) is 22.8. The Labute approximate surface area is 96.0 Å². The van der Waals surface area contributed by atoms with Gasteiger partial charge >= 0.3 is 0 Å². The lowest BCUT2D eigenvalue weighted by molar-refractivity contribution is -0.122. The molecule has 0 aromatic heterocycles. The van der Waals surface area contributed by atoms with Gasteiger partial charge in [0.15, 0.2) is 0 Å². The van der Waals surface area contributed by atoms with Crippen molar-refractivity contribution in [1.82, 2.24) is 5.32 Å². The lowest BCUT2D eigenvalue weighted by Crippen LogP contribution is -2.27. The summed E-state index contributed by atoms with van der Waals surface area (Å²) in [5.41, 5.74) is 6.65. The second-order valence-corrected chi connectivity index (χ2v) is 4.29. The Balaban J connectivity index is 1.80. The third kappa shape index (κ3) is 2.61. The molecule has 2 rings (SSSR count). The van der Waals surface area contributed by atoms with Crippen molar-refractivity contribution in [3.8, 4) is 0 Å². The number of carbonyl (C=O) groups is 1. The predicted molar refractivity (Wildman–Crippen MR) is 64.0 cm³/mol. The maximum absolute atomic E-state index is 11.7. The average molecular weight is 218 g/mol. The van der Waals surface area contributed by atoms with Gasteiger partial charge in [0, 0.05) is 12.5 Å². The van der Waals surface area contributed by atoms with E-state index in [1.807, 2.05) is 18.2 Å². The van der Waals surface area contributed by atoms with Crippen LogP contribution in [0.25, 0.3) is 0 Å². The monoisotopic (exact) mass is 218 g/mol.